The van der Waals surface area contributed by atoms with E-state index in [0.717, 1.165) is 19.3 Å². The van der Waals surface area contributed by atoms with Crippen LogP contribution in [0.3, 0.4) is 0 Å². The van der Waals surface area contributed by atoms with Gasteiger partial charge in [0, 0.05) is 11.6 Å². The van der Waals surface area contributed by atoms with Crippen molar-refractivity contribution in [1.82, 2.24) is 0 Å². The zero-order chi connectivity index (χ0) is 34.9. The Morgan fingerprint density at radius 1 is 0.760 bits per heavy atom. The van der Waals surface area contributed by atoms with Crippen LogP contribution >= 0.6 is 24.8 Å². The molecule has 4 aromatic rings. The van der Waals surface area contributed by atoms with E-state index in [1.807, 2.05) is 12.2 Å². The Labute approximate surface area is 326 Å². The number of hydrogen-bond donors (Lipinski definition) is 0. The number of hydrogen-bond acceptors (Lipinski definition) is 0. The normalized spacial score (nSPS) is 15.3. The first kappa shape index (κ1) is 43.1. The van der Waals surface area contributed by atoms with Crippen LogP contribution in [0.2, 0.25) is 0 Å². The summed E-state index contributed by atoms with van der Waals surface area (Å²) in [6.45, 7) is 13.9. The molecular formula is C45H46Cl2F2Zr-4. The summed E-state index contributed by atoms with van der Waals surface area (Å²) >= 11 is 1.30. The van der Waals surface area contributed by atoms with Crippen molar-refractivity contribution in [1.29, 1.82) is 0 Å². The van der Waals surface area contributed by atoms with Crippen LogP contribution in [0.4, 0.5) is 8.78 Å². The van der Waals surface area contributed by atoms with Crippen LogP contribution in [0.1, 0.15) is 87.8 Å². The molecule has 0 aliphatic heterocycles. The molecule has 0 heterocycles. The summed E-state index contributed by atoms with van der Waals surface area (Å²) in [4.78, 5) is 0. The third-order valence-electron chi connectivity index (χ3n) is 9.02. The van der Waals surface area contributed by atoms with E-state index in [2.05, 4.69) is 113 Å². The van der Waals surface area contributed by atoms with Gasteiger partial charge in [0.05, 0.1) is 0 Å². The molecule has 4 aliphatic rings. The van der Waals surface area contributed by atoms with Gasteiger partial charge in [-0.1, -0.05) is 62.9 Å². The van der Waals surface area contributed by atoms with E-state index >= 15 is 0 Å². The van der Waals surface area contributed by atoms with Gasteiger partial charge < -0.3 is 0 Å². The van der Waals surface area contributed by atoms with Crippen molar-refractivity contribution in [2.24, 2.45) is 0 Å². The van der Waals surface area contributed by atoms with Crippen molar-refractivity contribution in [3.05, 3.63) is 173 Å². The van der Waals surface area contributed by atoms with Crippen LogP contribution in [0.5, 0.6) is 0 Å². The van der Waals surface area contributed by atoms with E-state index in [9.17, 15) is 8.78 Å². The molecule has 4 aliphatic carbocycles. The summed E-state index contributed by atoms with van der Waals surface area (Å²) in [6, 6.07) is 27.0. The second kappa shape index (κ2) is 19.5. The van der Waals surface area contributed by atoms with Gasteiger partial charge in [0.25, 0.3) is 0 Å². The van der Waals surface area contributed by atoms with Crippen LogP contribution < -0.4 is 0 Å². The first-order valence-corrected chi connectivity index (χ1v) is 18.1. The average molecular weight is 787 g/mol. The second-order valence-corrected chi connectivity index (χ2v) is 13.4. The van der Waals surface area contributed by atoms with E-state index in [1.165, 1.54) is 104 Å². The number of rotatable bonds is 0. The maximum atomic E-state index is 11.9. The molecule has 8 rings (SSSR count). The molecule has 0 amide bonds. The van der Waals surface area contributed by atoms with Crippen LogP contribution in [0.25, 0.3) is 22.3 Å². The third kappa shape index (κ3) is 10.7. The monoisotopic (exact) mass is 784 g/mol. The number of fused-ring (bicyclic) bond motifs is 5. The number of allylic oxidation sites excluding steroid dienone is 8. The molecule has 50 heavy (non-hydrogen) atoms. The van der Waals surface area contributed by atoms with Crippen molar-refractivity contribution >= 4 is 40.2 Å². The van der Waals surface area contributed by atoms with Crippen molar-refractivity contribution in [2.45, 2.75) is 71.6 Å². The summed E-state index contributed by atoms with van der Waals surface area (Å²) in [5.41, 5.74) is 15.0. The summed E-state index contributed by atoms with van der Waals surface area (Å²) in [6.07, 6.45) is 19.3. The Balaban J connectivity index is 0.000000307. The van der Waals surface area contributed by atoms with Gasteiger partial charge in [-0.05, 0) is 70.2 Å². The van der Waals surface area contributed by atoms with Gasteiger partial charge in [-0.15, -0.1) is 68.0 Å². The average Bonchev–Trinajstić information content (AvgIpc) is 3.78. The Kier molecular flexibility index (Phi) is 16.8. The second-order valence-electron chi connectivity index (χ2n) is 13.4. The summed E-state index contributed by atoms with van der Waals surface area (Å²) in [5.74, 6) is -0.468. The molecule has 262 valence electrons. The molecule has 0 nitrogen and oxygen atoms in total. The molecule has 0 spiro atoms. The van der Waals surface area contributed by atoms with Crippen LogP contribution in [-0.4, -0.2) is 4.21 Å². The van der Waals surface area contributed by atoms with E-state index in [1.54, 1.807) is 24.3 Å². The SMILES string of the molecule is CC1=C[CH-]C(C)(C)c2cc3c(cc21)-c1cc2c(cc1C3)C(C)(C)CC=C2C.Cl.Cl.Fc1c[c-]ccc1.Fc1c[c-]ccc1.[C-]1=CC=CC1.[CH2]=[Zr]. The number of benzene rings is 4. The minimum atomic E-state index is -0.234. The Bertz CT molecular complexity index is 1700. The molecule has 4 aromatic carbocycles. The Morgan fingerprint density at radius 2 is 1.30 bits per heavy atom. The standard InChI is InChI=1S/C27H29.2C6H4F.C5H5.CH2.2ClH.Zr/c1-16-7-9-26(3,4)24-12-18-11-19-13-25-21(17(2)8-10-27(25,5)6)15-23(19)22(18)14-20(16)24;2*7-6-4-2-1-3-5-6;1-2-4-5-3-1;;;;/h7-9,12-15H,10-11H2,1-6H3;2*1-2,4-5H;1-3H,4H2;1H2;2*1H;/q4*-1;;;;. The first-order valence-electron chi connectivity index (χ1n) is 16.3. The molecule has 0 saturated heterocycles. The Hall–Kier alpha value is -3.10. The molecule has 0 N–H and O–H groups in total. The molecule has 0 atom stereocenters. The van der Waals surface area contributed by atoms with Crippen molar-refractivity contribution in [3.8, 4) is 11.1 Å². The zero-order valence-electron chi connectivity index (χ0n) is 29.8. The van der Waals surface area contributed by atoms with Gasteiger partial charge in [-0.25, -0.2) is 24.6 Å². The molecule has 0 fully saturated rings. The molecule has 0 radical (unpaired) electrons. The van der Waals surface area contributed by atoms with Crippen molar-refractivity contribution in [3.63, 3.8) is 0 Å². The first-order chi connectivity index (χ1) is 23.0. The fourth-order valence-corrected chi connectivity index (χ4v) is 6.26. The Morgan fingerprint density at radius 3 is 1.72 bits per heavy atom. The van der Waals surface area contributed by atoms with E-state index in [-0.39, 0.29) is 47.3 Å². The summed E-state index contributed by atoms with van der Waals surface area (Å²) in [5, 5.41) is 0. The summed E-state index contributed by atoms with van der Waals surface area (Å²) in [7, 11) is 0. The quantitative estimate of drug-likeness (QED) is 0.137. The molecule has 5 heteroatoms. The van der Waals surface area contributed by atoms with Gasteiger partial charge in [0.1, 0.15) is 0 Å². The number of halogens is 4. The topological polar surface area (TPSA) is 0 Å². The fourth-order valence-electron chi connectivity index (χ4n) is 6.26. The third-order valence-corrected chi connectivity index (χ3v) is 9.02. The predicted octanol–water partition coefficient (Wildman–Crippen LogP) is 12.6. The van der Waals surface area contributed by atoms with Crippen molar-refractivity contribution in [2.75, 3.05) is 0 Å². The van der Waals surface area contributed by atoms with Crippen LogP contribution in [0.15, 0.2) is 103 Å². The molecule has 0 bridgehead atoms. The fraction of sp³-hybridized carbons (Fsp3) is 0.244. The van der Waals surface area contributed by atoms with Gasteiger partial charge in [-0.3, -0.25) is 14.9 Å². The molecule has 0 aromatic heterocycles. The van der Waals surface area contributed by atoms with E-state index in [0.29, 0.717) is 0 Å². The predicted molar refractivity (Wildman–Crippen MR) is 211 cm³/mol. The van der Waals surface area contributed by atoms with Crippen LogP contribution in [0, 0.1) is 36.3 Å². The van der Waals surface area contributed by atoms with E-state index < -0.39 is 0 Å². The van der Waals surface area contributed by atoms with Gasteiger partial charge in [-0.2, -0.15) is 48.0 Å². The maximum absolute atomic E-state index is 11.9. The van der Waals surface area contributed by atoms with Gasteiger partial charge in [0.15, 0.2) is 0 Å². The molecule has 0 saturated carbocycles. The van der Waals surface area contributed by atoms with Crippen molar-refractivity contribution < 1.29 is 33.0 Å². The van der Waals surface area contributed by atoms with Gasteiger partial charge in [0.2, 0.25) is 0 Å². The summed E-state index contributed by atoms with van der Waals surface area (Å²) < 4.78 is 27.1. The minimum absolute atomic E-state index is 0. The van der Waals surface area contributed by atoms with Crippen LogP contribution in [-0.2, 0) is 41.5 Å². The van der Waals surface area contributed by atoms with Gasteiger partial charge >= 0.3 is 28.4 Å². The van der Waals surface area contributed by atoms with E-state index in [4.69, 9.17) is 0 Å². The molecule has 0 unspecified atom stereocenters. The zero-order valence-corrected chi connectivity index (χ0v) is 33.9. The molecular weight excluding hydrogens is 741 g/mol.